The predicted molar refractivity (Wildman–Crippen MR) is 98.2 cm³/mol. The van der Waals surface area contributed by atoms with E-state index in [1.165, 1.54) is 70.8 Å². The van der Waals surface area contributed by atoms with Crippen molar-refractivity contribution >= 4 is 0 Å². The fraction of sp³-hybridized carbons (Fsp3) is 1.00. The summed E-state index contributed by atoms with van der Waals surface area (Å²) < 4.78 is 0. The van der Waals surface area contributed by atoms with Gasteiger partial charge in [0.05, 0.1) is 0 Å². The van der Waals surface area contributed by atoms with Crippen LogP contribution in [-0.2, 0) is 0 Å². The molecule has 0 aromatic heterocycles. The van der Waals surface area contributed by atoms with Crippen molar-refractivity contribution in [1.82, 2.24) is 5.32 Å². The average Bonchev–Trinajstić information content (AvgIpc) is 2.59. The first kappa shape index (κ1) is 18.3. The van der Waals surface area contributed by atoms with Crippen molar-refractivity contribution < 1.29 is 0 Å². The van der Waals surface area contributed by atoms with Crippen LogP contribution in [0.2, 0.25) is 0 Å². The molecular weight excluding hydrogens is 266 g/mol. The summed E-state index contributed by atoms with van der Waals surface area (Å²) in [5.74, 6) is 1.83. The Bertz CT molecular complexity index is 329. The van der Waals surface area contributed by atoms with Gasteiger partial charge < -0.3 is 5.32 Å². The van der Waals surface area contributed by atoms with Crippen LogP contribution in [0.4, 0.5) is 0 Å². The minimum atomic E-state index is 0.513. The van der Waals surface area contributed by atoms with E-state index in [2.05, 4.69) is 39.9 Å². The van der Waals surface area contributed by atoms with Crippen molar-refractivity contribution in [2.75, 3.05) is 6.54 Å². The SMILES string of the molecule is CCC(C)(C)C1CCC(C)(C2CCCCN2)CCCC(C)C1. The predicted octanol–water partition coefficient (Wildman–Crippen LogP) is 6.18. The minimum Gasteiger partial charge on any atom is -0.313 e. The number of hydrogen-bond donors (Lipinski definition) is 1. The molecular formula is C21H41N. The Balaban J connectivity index is 2.10. The Labute approximate surface area is 140 Å². The minimum absolute atomic E-state index is 0.513. The molecule has 4 unspecified atom stereocenters. The summed E-state index contributed by atoms with van der Waals surface area (Å²) in [5.41, 5.74) is 1.05. The van der Waals surface area contributed by atoms with E-state index in [1.807, 2.05) is 0 Å². The quantitative estimate of drug-likeness (QED) is 0.656. The highest BCUT2D eigenvalue weighted by atomic mass is 14.9. The van der Waals surface area contributed by atoms with Gasteiger partial charge in [-0.1, -0.05) is 60.3 Å². The normalized spacial score (nSPS) is 38.9. The second kappa shape index (κ2) is 7.69. The lowest BCUT2D eigenvalue weighted by atomic mass is 9.67. The van der Waals surface area contributed by atoms with Gasteiger partial charge in [0.25, 0.3) is 0 Å². The van der Waals surface area contributed by atoms with Crippen LogP contribution in [0.5, 0.6) is 0 Å². The van der Waals surface area contributed by atoms with E-state index in [1.54, 1.807) is 0 Å². The second-order valence-corrected chi connectivity index (χ2v) is 9.47. The van der Waals surface area contributed by atoms with Crippen molar-refractivity contribution in [2.45, 2.75) is 105 Å². The molecule has 0 radical (unpaired) electrons. The molecule has 2 fully saturated rings. The third kappa shape index (κ3) is 4.49. The van der Waals surface area contributed by atoms with Crippen molar-refractivity contribution in [2.24, 2.45) is 22.7 Å². The zero-order chi connectivity index (χ0) is 16.2. The van der Waals surface area contributed by atoms with Gasteiger partial charge in [-0.15, -0.1) is 0 Å². The third-order valence-corrected chi connectivity index (χ3v) is 7.36. The topological polar surface area (TPSA) is 12.0 Å². The van der Waals surface area contributed by atoms with Gasteiger partial charge >= 0.3 is 0 Å². The van der Waals surface area contributed by atoms with Gasteiger partial charge in [-0.25, -0.2) is 0 Å². The summed E-state index contributed by atoms with van der Waals surface area (Å²) in [4.78, 5) is 0. The zero-order valence-electron chi connectivity index (χ0n) is 16.0. The van der Waals surface area contributed by atoms with Gasteiger partial charge in [0.15, 0.2) is 0 Å². The molecule has 0 amide bonds. The van der Waals surface area contributed by atoms with Gasteiger partial charge in [-0.3, -0.25) is 0 Å². The first-order valence-electron chi connectivity index (χ1n) is 10.1. The van der Waals surface area contributed by atoms with Crippen LogP contribution < -0.4 is 5.32 Å². The molecule has 0 bridgehead atoms. The molecule has 1 aliphatic heterocycles. The molecule has 1 saturated carbocycles. The van der Waals surface area contributed by atoms with E-state index in [4.69, 9.17) is 0 Å². The van der Waals surface area contributed by atoms with E-state index >= 15 is 0 Å². The van der Waals surface area contributed by atoms with Crippen LogP contribution in [0.15, 0.2) is 0 Å². The molecule has 1 heteroatoms. The van der Waals surface area contributed by atoms with Crippen LogP contribution in [0, 0.1) is 22.7 Å². The summed E-state index contributed by atoms with van der Waals surface area (Å²) in [6.07, 6.45) is 14.2. The van der Waals surface area contributed by atoms with Gasteiger partial charge in [0, 0.05) is 6.04 Å². The van der Waals surface area contributed by atoms with Crippen LogP contribution in [0.3, 0.4) is 0 Å². The maximum Gasteiger partial charge on any atom is 0.0121 e. The number of nitrogens with one attached hydrogen (secondary N) is 1. The average molecular weight is 308 g/mol. The van der Waals surface area contributed by atoms with E-state index in [9.17, 15) is 0 Å². The zero-order valence-corrected chi connectivity index (χ0v) is 16.0. The molecule has 1 nitrogen and oxygen atoms in total. The van der Waals surface area contributed by atoms with Gasteiger partial charge in [-0.2, -0.15) is 0 Å². The Kier molecular flexibility index (Phi) is 6.39. The number of piperidine rings is 1. The molecule has 0 spiro atoms. The second-order valence-electron chi connectivity index (χ2n) is 9.47. The Hall–Kier alpha value is -0.0400. The van der Waals surface area contributed by atoms with Crippen molar-refractivity contribution in [3.8, 4) is 0 Å². The van der Waals surface area contributed by atoms with Gasteiger partial charge in [0.2, 0.25) is 0 Å². The fourth-order valence-electron chi connectivity index (χ4n) is 5.00. The van der Waals surface area contributed by atoms with Gasteiger partial charge in [0.1, 0.15) is 0 Å². The van der Waals surface area contributed by atoms with Crippen LogP contribution >= 0.6 is 0 Å². The summed E-state index contributed by atoms with van der Waals surface area (Å²) >= 11 is 0. The Morgan fingerprint density at radius 1 is 1.05 bits per heavy atom. The van der Waals surface area contributed by atoms with E-state index < -0.39 is 0 Å². The highest BCUT2D eigenvalue weighted by molar-refractivity contribution is 4.92. The van der Waals surface area contributed by atoms with Crippen LogP contribution in [-0.4, -0.2) is 12.6 Å². The molecule has 1 N–H and O–H groups in total. The smallest absolute Gasteiger partial charge is 0.0121 e. The lowest BCUT2D eigenvalue weighted by molar-refractivity contribution is 0.112. The van der Waals surface area contributed by atoms with Crippen LogP contribution in [0.25, 0.3) is 0 Å². The number of hydrogen-bond acceptors (Lipinski definition) is 1. The monoisotopic (exact) mass is 307 g/mol. The van der Waals surface area contributed by atoms with E-state index in [-0.39, 0.29) is 0 Å². The van der Waals surface area contributed by atoms with Crippen LogP contribution in [0.1, 0.15) is 98.8 Å². The summed E-state index contributed by atoms with van der Waals surface area (Å²) in [6.45, 7) is 13.8. The molecule has 2 aliphatic rings. The first-order chi connectivity index (χ1) is 10.4. The fourth-order valence-corrected chi connectivity index (χ4v) is 5.00. The van der Waals surface area contributed by atoms with Crippen molar-refractivity contribution in [1.29, 1.82) is 0 Å². The lowest BCUT2D eigenvalue weighted by Gasteiger charge is -2.42. The molecule has 4 atom stereocenters. The summed E-state index contributed by atoms with van der Waals surface area (Å²) in [7, 11) is 0. The molecule has 0 aromatic rings. The molecule has 130 valence electrons. The Morgan fingerprint density at radius 2 is 1.82 bits per heavy atom. The number of rotatable bonds is 3. The van der Waals surface area contributed by atoms with E-state index in [0.717, 1.165) is 17.9 Å². The summed E-state index contributed by atoms with van der Waals surface area (Å²) in [5, 5.41) is 3.88. The van der Waals surface area contributed by atoms with Crippen molar-refractivity contribution in [3.05, 3.63) is 0 Å². The standard InChI is InChI=1S/C21H41N/c1-6-20(3,4)18-12-14-21(5,13-9-10-17(2)16-18)19-11-7-8-15-22-19/h17-19,22H,6-16H2,1-5H3. The van der Waals surface area contributed by atoms with E-state index in [0.29, 0.717) is 10.8 Å². The molecule has 2 rings (SSSR count). The van der Waals surface area contributed by atoms with Crippen molar-refractivity contribution in [3.63, 3.8) is 0 Å². The molecule has 1 heterocycles. The molecule has 1 aliphatic carbocycles. The lowest BCUT2D eigenvalue weighted by Crippen LogP contribution is -2.46. The van der Waals surface area contributed by atoms with Gasteiger partial charge in [-0.05, 0) is 67.7 Å². The molecule has 22 heavy (non-hydrogen) atoms. The first-order valence-corrected chi connectivity index (χ1v) is 10.1. The molecule has 1 saturated heterocycles. The maximum absolute atomic E-state index is 3.88. The Morgan fingerprint density at radius 3 is 2.45 bits per heavy atom. The summed E-state index contributed by atoms with van der Waals surface area (Å²) in [6, 6.07) is 0.778. The largest absolute Gasteiger partial charge is 0.313 e. The highest BCUT2D eigenvalue weighted by Crippen LogP contribution is 2.46. The highest BCUT2D eigenvalue weighted by Gasteiger charge is 2.38. The maximum atomic E-state index is 3.88. The third-order valence-electron chi connectivity index (χ3n) is 7.36. The molecule has 0 aromatic carbocycles.